The second-order valence-electron chi connectivity index (χ2n) is 5.72. The molecule has 0 radical (unpaired) electrons. The van der Waals surface area contributed by atoms with Gasteiger partial charge in [-0.1, -0.05) is 6.92 Å². The summed E-state index contributed by atoms with van der Waals surface area (Å²) in [4.78, 5) is 2.09. The molecule has 24 heavy (non-hydrogen) atoms. The molecule has 0 bridgehead atoms. The van der Waals surface area contributed by atoms with Crippen LogP contribution in [0.3, 0.4) is 0 Å². The molecule has 1 aliphatic rings. The van der Waals surface area contributed by atoms with Crippen molar-refractivity contribution in [2.45, 2.75) is 38.9 Å². The average molecular weight is 340 g/mol. The number of aromatic nitrogens is 2. The van der Waals surface area contributed by atoms with E-state index >= 15 is 0 Å². The topological polar surface area (TPSA) is 54.2 Å². The predicted octanol–water partition coefficient (Wildman–Crippen LogP) is 3.86. The van der Waals surface area contributed by atoms with E-state index in [0.717, 1.165) is 43.8 Å². The molecule has 1 aromatic heterocycles. The summed E-state index contributed by atoms with van der Waals surface area (Å²) in [5.41, 5.74) is 0.534. The second kappa shape index (κ2) is 6.70. The van der Waals surface area contributed by atoms with Crippen LogP contribution in [0.1, 0.15) is 37.1 Å². The first-order valence-electron chi connectivity index (χ1n) is 7.98. The van der Waals surface area contributed by atoms with E-state index in [4.69, 9.17) is 4.42 Å². The lowest BCUT2D eigenvalue weighted by atomic mass is 10.1. The molecule has 5 nitrogen and oxygen atoms in total. The first kappa shape index (κ1) is 16.6. The number of halogens is 3. The third kappa shape index (κ3) is 3.63. The Bertz CT molecular complexity index is 693. The van der Waals surface area contributed by atoms with Crippen LogP contribution in [0.4, 0.5) is 24.5 Å². The van der Waals surface area contributed by atoms with Crippen molar-refractivity contribution in [3.8, 4) is 0 Å². The zero-order chi connectivity index (χ0) is 17.2. The van der Waals surface area contributed by atoms with Gasteiger partial charge in [0.05, 0.1) is 23.5 Å². The van der Waals surface area contributed by atoms with E-state index in [1.807, 2.05) is 6.92 Å². The van der Waals surface area contributed by atoms with E-state index in [1.165, 1.54) is 6.07 Å². The van der Waals surface area contributed by atoms with Crippen LogP contribution in [0.5, 0.6) is 0 Å². The molecule has 1 N–H and O–H groups in total. The maximum Gasteiger partial charge on any atom is 0.416 e. The van der Waals surface area contributed by atoms with Gasteiger partial charge in [-0.05, 0) is 31.0 Å². The lowest BCUT2D eigenvalue weighted by Crippen LogP contribution is -2.20. The van der Waals surface area contributed by atoms with Gasteiger partial charge in [0.25, 0.3) is 0 Å². The number of aryl methyl sites for hydroxylation is 1. The number of hydrogen-bond donors (Lipinski definition) is 1. The molecule has 130 valence electrons. The summed E-state index contributed by atoms with van der Waals surface area (Å²) in [6.45, 7) is 3.78. The van der Waals surface area contributed by atoms with Crippen molar-refractivity contribution >= 4 is 11.4 Å². The summed E-state index contributed by atoms with van der Waals surface area (Å²) in [5.74, 6) is 0.868. The maximum atomic E-state index is 13.0. The fourth-order valence-corrected chi connectivity index (χ4v) is 2.76. The summed E-state index contributed by atoms with van der Waals surface area (Å²) < 4.78 is 44.4. The summed E-state index contributed by atoms with van der Waals surface area (Å²) in [6.07, 6.45) is -1.66. The fraction of sp³-hybridized carbons (Fsp3) is 0.500. The largest absolute Gasteiger partial charge is 0.423 e. The quantitative estimate of drug-likeness (QED) is 0.896. The lowest BCUT2D eigenvalue weighted by molar-refractivity contribution is -0.137. The third-order valence-electron chi connectivity index (χ3n) is 4.01. The fourth-order valence-electron chi connectivity index (χ4n) is 2.76. The van der Waals surface area contributed by atoms with E-state index in [2.05, 4.69) is 20.4 Å². The predicted molar refractivity (Wildman–Crippen MR) is 83.9 cm³/mol. The minimum absolute atomic E-state index is 0.190. The average Bonchev–Trinajstić information content (AvgIpc) is 3.23. The second-order valence-corrected chi connectivity index (χ2v) is 5.72. The van der Waals surface area contributed by atoms with Crippen LogP contribution in [-0.2, 0) is 19.1 Å². The first-order valence-corrected chi connectivity index (χ1v) is 7.98. The molecule has 3 rings (SSSR count). The van der Waals surface area contributed by atoms with Crippen molar-refractivity contribution < 1.29 is 17.6 Å². The standard InChI is InChI=1S/C16H19F3N4O/c1-2-14-21-22-15(24-14)10-20-12-9-11(16(17,18)19)5-6-13(12)23-7-3-4-8-23/h5-6,9,20H,2-4,7-8,10H2,1H3. The Labute approximate surface area is 137 Å². The number of anilines is 2. The van der Waals surface area contributed by atoms with Gasteiger partial charge >= 0.3 is 6.18 Å². The molecule has 0 atom stereocenters. The van der Waals surface area contributed by atoms with Gasteiger partial charge in [-0.15, -0.1) is 10.2 Å². The zero-order valence-corrected chi connectivity index (χ0v) is 13.4. The Morgan fingerprint density at radius 3 is 2.50 bits per heavy atom. The van der Waals surface area contributed by atoms with Crippen LogP contribution in [0.15, 0.2) is 22.6 Å². The smallest absolute Gasteiger partial charge is 0.416 e. The lowest BCUT2D eigenvalue weighted by Gasteiger charge is -2.23. The van der Waals surface area contributed by atoms with Gasteiger partial charge < -0.3 is 14.6 Å². The first-order chi connectivity index (χ1) is 11.5. The number of hydrogen-bond acceptors (Lipinski definition) is 5. The highest BCUT2D eigenvalue weighted by molar-refractivity contribution is 5.71. The van der Waals surface area contributed by atoms with Crippen molar-refractivity contribution in [2.24, 2.45) is 0 Å². The SMILES string of the molecule is CCc1nnc(CNc2cc(C(F)(F)F)ccc2N2CCCC2)o1. The van der Waals surface area contributed by atoms with Crippen LogP contribution in [0.2, 0.25) is 0 Å². The molecule has 1 aliphatic heterocycles. The molecule has 0 spiro atoms. The van der Waals surface area contributed by atoms with Crippen LogP contribution < -0.4 is 10.2 Å². The summed E-state index contributed by atoms with van der Waals surface area (Å²) in [7, 11) is 0. The summed E-state index contributed by atoms with van der Waals surface area (Å²) >= 11 is 0. The number of nitrogens with one attached hydrogen (secondary N) is 1. The van der Waals surface area contributed by atoms with Crippen molar-refractivity contribution in [2.75, 3.05) is 23.3 Å². The molecule has 0 aliphatic carbocycles. The third-order valence-corrected chi connectivity index (χ3v) is 4.01. The Morgan fingerprint density at radius 1 is 1.17 bits per heavy atom. The van der Waals surface area contributed by atoms with Crippen molar-refractivity contribution in [1.29, 1.82) is 0 Å². The van der Waals surface area contributed by atoms with Gasteiger partial charge in [0, 0.05) is 19.5 Å². The number of nitrogens with zero attached hydrogens (tertiary/aromatic N) is 3. The van der Waals surface area contributed by atoms with Gasteiger partial charge in [-0.3, -0.25) is 0 Å². The van der Waals surface area contributed by atoms with E-state index < -0.39 is 11.7 Å². The minimum atomic E-state index is -4.38. The number of benzene rings is 1. The molecule has 0 unspecified atom stereocenters. The van der Waals surface area contributed by atoms with Gasteiger partial charge in [-0.25, -0.2) is 0 Å². The molecule has 2 aromatic rings. The van der Waals surface area contributed by atoms with Crippen molar-refractivity contribution in [3.63, 3.8) is 0 Å². The maximum absolute atomic E-state index is 13.0. The monoisotopic (exact) mass is 340 g/mol. The highest BCUT2D eigenvalue weighted by Gasteiger charge is 2.31. The molecule has 0 amide bonds. The molecule has 0 saturated carbocycles. The molecule has 1 aromatic carbocycles. The zero-order valence-electron chi connectivity index (χ0n) is 13.4. The van der Waals surface area contributed by atoms with E-state index in [0.29, 0.717) is 23.9 Å². The molecule has 1 saturated heterocycles. The highest BCUT2D eigenvalue weighted by Crippen LogP contribution is 2.36. The van der Waals surface area contributed by atoms with Gasteiger partial charge in [-0.2, -0.15) is 13.2 Å². The number of alkyl halides is 3. The Kier molecular flexibility index (Phi) is 4.64. The van der Waals surface area contributed by atoms with Crippen molar-refractivity contribution in [1.82, 2.24) is 10.2 Å². The Morgan fingerprint density at radius 2 is 1.88 bits per heavy atom. The Balaban J connectivity index is 1.84. The molecule has 1 fully saturated rings. The molecule has 8 heteroatoms. The molecule has 2 heterocycles. The normalized spacial score (nSPS) is 15.1. The van der Waals surface area contributed by atoms with Crippen molar-refractivity contribution in [3.05, 3.63) is 35.5 Å². The van der Waals surface area contributed by atoms with Crippen LogP contribution in [0.25, 0.3) is 0 Å². The summed E-state index contributed by atoms with van der Waals surface area (Å²) in [5, 5.41) is 10.8. The minimum Gasteiger partial charge on any atom is -0.423 e. The van der Waals surface area contributed by atoms with Crippen LogP contribution in [0, 0.1) is 0 Å². The summed E-state index contributed by atoms with van der Waals surface area (Å²) in [6, 6.07) is 3.80. The van der Waals surface area contributed by atoms with Gasteiger partial charge in [0.15, 0.2) is 0 Å². The van der Waals surface area contributed by atoms with Gasteiger partial charge in [0.1, 0.15) is 0 Å². The Hall–Kier alpha value is -2.25. The van der Waals surface area contributed by atoms with Crippen LogP contribution >= 0.6 is 0 Å². The van der Waals surface area contributed by atoms with E-state index in [9.17, 15) is 13.2 Å². The molecular weight excluding hydrogens is 321 g/mol. The van der Waals surface area contributed by atoms with E-state index in [1.54, 1.807) is 0 Å². The van der Waals surface area contributed by atoms with Crippen LogP contribution in [-0.4, -0.2) is 23.3 Å². The number of rotatable bonds is 5. The highest BCUT2D eigenvalue weighted by atomic mass is 19.4. The van der Waals surface area contributed by atoms with E-state index in [-0.39, 0.29) is 6.54 Å². The van der Waals surface area contributed by atoms with Gasteiger partial charge in [0.2, 0.25) is 11.8 Å². The molecular formula is C16H19F3N4O.